The number of halogens is 1. The SMILES string of the molecule is C.Cc1cc(OC[C@@H](O)CN2CCN(c3ccc(Cc4ccc(F)cc4)cc3)CC2)c(C)c(C)c1N. The van der Waals surface area contributed by atoms with E-state index in [1.165, 1.54) is 23.4 Å². The minimum atomic E-state index is -0.551. The standard InChI is InChI=1S/C29H36FN3O2.CH4/c1-20-16-28(21(2)22(3)29(20)31)35-19-27(34)18-32-12-14-33(15-13-32)26-10-6-24(7-11-26)17-23-4-8-25(30)9-5-23;/h4-11,16,27,34H,12-15,17-19,31H2,1-3H3;1H4/t27-;/m0./s1. The molecule has 5 nitrogen and oxygen atoms in total. The highest BCUT2D eigenvalue weighted by atomic mass is 19.1. The molecule has 3 N–H and O–H groups in total. The normalized spacial score (nSPS) is 14.9. The molecule has 0 bridgehead atoms. The first-order valence-corrected chi connectivity index (χ1v) is 12.3. The van der Waals surface area contributed by atoms with E-state index in [1.54, 1.807) is 0 Å². The lowest BCUT2D eigenvalue weighted by atomic mass is 10.0. The van der Waals surface area contributed by atoms with Gasteiger partial charge in [-0.2, -0.15) is 0 Å². The Morgan fingerprint density at radius 2 is 1.50 bits per heavy atom. The summed E-state index contributed by atoms with van der Waals surface area (Å²) in [5.41, 5.74) is 13.5. The molecule has 6 heteroatoms. The van der Waals surface area contributed by atoms with Gasteiger partial charge in [0.05, 0.1) is 0 Å². The number of nitrogens with two attached hydrogens (primary N) is 1. The van der Waals surface area contributed by atoms with Crippen molar-refractivity contribution in [1.29, 1.82) is 0 Å². The first-order valence-electron chi connectivity index (χ1n) is 12.3. The van der Waals surface area contributed by atoms with E-state index in [0.29, 0.717) is 6.54 Å². The summed E-state index contributed by atoms with van der Waals surface area (Å²) in [7, 11) is 0. The third-order valence-electron chi connectivity index (χ3n) is 7.00. The van der Waals surface area contributed by atoms with Crippen LogP contribution in [0.4, 0.5) is 15.8 Å². The Kier molecular flexibility index (Phi) is 9.35. The summed E-state index contributed by atoms with van der Waals surface area (Å²) in [5.74, 6) is 0.589. The zero-order valence-electron chi connectivity index (χ0n) is 20.9. The quantitative estimate of drug-likeness (QED) is 0.427. The molecule has 1 atom stereocenters. The molecule has 0 spiro atoms. The fraction of sp³-hybridized carbons (Fsp3) is 0.400. The summed E-state index contributed by atoms with van der Waals surface area (Å²) in [5, 5.41) is 10.6. The number of benzene rings is 3. The van der Waals surface area contributed by atoms with Crippen LogP contribution in [-0.2, 0) is 6.42 Å². The molecule has 0 aliphatic carbocycles. The summed E-state index contributed by atoms with van der Waals surface area (Å²) in [6, 6.07) is 17.3. The first-order chi connectivity index (χ1) is 16.8. The highest BCUT2D eigenvalue weighted by Gasteiger charge is 2.20. The molecule has 1 heterocycles. The van der Waals surface area contributed by atoms with Crippen LogP contribution in [0.25, 0.3) is 0 Å². The maximum Gasteiger partial charge on any atom is 0.123 e. The van der Waals surface area contributed by atoms with Gasteiger partial charge in [-0.3, -0.25) is 4.90 Å². The van der Waals surface area contributed by atoms with Gasteiger partial charge in [-0.15, -0.1) is 0 Å². The molecular formula is C30H40FN3O2. The predicted octanol–water partition coefficient (Wildman–Crippen LogP) is 5.12. The van der Waals surface area contributed by atoms with Gasteiger partial charge in [-0.25, -0.2) is 4.39 Å². The van der Waals surface area contributed by atoms with E-state index in [2.05, 4.69) is 34.1 Å². The van der Waals surface area contributed by atoms with Gasteiger partial charge in [-0.1, -0.05) is 31.7 Å². The summed E-state index contributed by atoms with van der Waals surface area (Å²) in [6.07, 6.45) is 0.244. The Morgan fingerprint density at radius 3 is 2.11 bits per heavy atom. The second-order valence-electron chi connectivity index (χ2n) is 9.58. The third kappa shape index (κ3) is 6.77. The van der Waals surface area contributed by atoms with E-state index in [-0.39, 0.29) is 19.9 Å². The molecule has 1 aliphatic rings. The van der Waals surface area contributed by atoms with Gasteiger partial charge in [0.25, 0.3) is 0 Å². The highest BCUT2D eigenvalue weighted by molar-refractivity contribution is 5.60. The molecule has 194 valence electrons. The minimum Gasteiger partial charge on any atom is -0.491 e. The van der Waals surface area contributed by atoms with E-state index in [4.69, 9.17) is 10.5 Å². The monoisotopic (exact) mass is 493 g/mol. The second-order valence-corrected chi connectivity index (χ2v) is 9.58. The van der Waals surface area contributed by atoms with Crippen LogP contribution in [0.5, 0.6) is 5.75 Å². The van der Waals surface area contributed by atoms with Crippen molar-refractivity contribution in [2.75, 3.05) is 50.0 Å². The summed E-state index contributed by atoms with van der Waals surface area (Å²) in [4.78, 5) is 4.67. The number of piperazine rings is 1. The zero-order valence-corrected chi connectivity index (χ0v) is 20.9. The molecule has 1 fully saturated rings. The molecule has 0 radical (unpaired) electrons. The number of hydrogen-bond donors (Lipinski definition) is 2. The lowest BCUT2D eigenvalue weighted by molar-refractivity contribution is 0.0660. The maximum absolute atomic E-state index is 13.1. The smallest absolute Gasteiger partial charge is 0.123 e. The van der Waals surface area contributed by atoms with Gasteiger partial charge in [0, 0.05) is 44.1 Å². The topological polar surface area (TPSA) is 62.0 Å². The van der Waals surface area contributed by atoms with Crippen LogP contribution in [0.2, 0.25) is 0 Å². The van der Waals surface area contributed by atoms with Crippen molar-refractivity contribution in [3.05, 3.63) is 88.2 Å². The number of ether oxygens (including phenoxy) is 1. The van der Waals surface area contributed by atoms with Gasteiger partial charge < -0.3 is 20.5 Å². The molecule has 3 aromatic carbocycles. The Labute approximate surface area is 215 Å². The van der Waals surface area contributed by atoms with Crippen LogP contribution >= 0.6 is 0 Å². The minimum absolute atomic E-state index is 0. The van der Waals surface area contributed by atoms with Gasteiger partial charge >= 0.3 is 0 Å². The average molecular weight is 494 g/mol. The number of hydrogen-bond acceptors (Lipinski definition) is 5. The maximum atomic E-state index is 13.1. The number of aliphatic hydroxyl groups excluding tert-OH is 1. The highest BCUT2D eigenvalue weighted by Crippen LogP contribution is 2.29. The Bertz CT molecular complexity index is 1120. The van der Waals surface area contributed by atoms with E-state index >= 15 is 0 Å². The van der Waals surface area contributed by atoms with Crippen LogP contribution in [0.15, 0.2) is 54.6 Å². The van der Waals surface area contributed by atoms with Crippen molar-refractivity contribution in [3.63, 3.8) is 0 Å². The van der Waals surface area contributed by atoms with Crippen LogP contribution in [0.1, 0.15) is 35.2 Å². The molecule has 0 unspecified atom stereocenters. The van der Waals surface area contributed by atoms with E-state index in [9.17, 15) is 9.50 Å². The summed E-state index contributed by atoms with van der Waals surface area (Å²) in [6.45, 7) is 10.5. The lowest BCUT2D eigenvalue weighted by Gasteiger charge is -2.37. The summed E-state index contributed by atoms with van der Waals surface area (Å²) >= 11 is 0. The van der Waals surface area contributed by atoms with E-state index in [1.807, 2.05) is 39.0 Å². The van der Waals surface area contributed by atoms with Crippen LogP contribution in [-0.4, -0.2) is 55.4 Å². The number of β-amino-alcohol motifs (C(OH)–C–C–N with tert-alkyl or cyclic N) is 1. The van der Waals surface area contributed by atoms with Crippen molar-refractivity contribution < 1.29 is 14.2 Å². The lowest BCUT2D eigenvalue weighted by Crippen LogP contribution is -2.49. The van der Waals surface area contributed by atoms with Gasteiger partial charge in [0.15, 0.2) is 0 Å². The number of aliphatic hydroxyl groups is 1. The number of nitrogens with zero attached hydrogens (tertiary/aromatic N) is 2. The van der Waals surface area contributed by atoms with Crippen molar-refractivity contribution in [2.45, 2.75) is 40.7 Å². The fourth-order valence-electron chi connectivity index (χ4n) is 4.60. The largest absolute Gasteiger partial charge is 0.491 e. The van der Waals surface area contributed by atoms with Crippen LogP contribution in [0.3, 0.4) is 0 Å². The second kappa shape index (κ2) is 12.2. The van der Waals surface area contributed by atoms with Crippen LogP contribution in [0, 0.1) is 26.6 Å². The Morgan fingerprint density at radius 1 is 0.917 bits per heavy atom. The number of rotatable bonds is 8. The molecule has 0 amide bonds. The Hall–Kier alpha value is -3.09. The fourth-order valence-corrected chi connectivity index (χ4v) is 4.60. The van der Waals surface area contributed by atoms with Crippen molar-refractivity contribution >= 4 is 11.4 Å². The van der Waals surface area contributed by atoms with Crippen molar-refractivity contribution in [1.82, 2.24) is 4.90 Å². The zero-order chi connectivity index (χ0) is 24.9. The molecule has 0 aromatic heterocycles. The van der Waals surface area contributed by atoms with Gasteiger partial charge in [0.1, 0.15) is 24.3 Å². The van der Waals surface area contributed by atoms with Crippen molar-refractivity contribution in [3.8, 4) is 5.75 Å². The van der Waals surface area contributed by atoms with E-state index < -0.39 is 6.10 Å². The molecule has 0 saturated carbocycles. The number of nitrogen functional groups attached to an aromatic ring is 1. The van der Waals surface area contributed by atoms with Crippen LogP contribution < -0.4 is 15.4 Å². The molecule has 4 rings (SSSR count). The van der Waals surface area contributed by atoms with Crippen molar-refractivity contribution in [2.24, 2.45) is 0 Å². The van der Waals surface area contributed by atoms with E-state index in [0.717, 1.165) is 66.3 Å². The molecular weight excluding hydrogens is 453 g/mol. The van der Waals surface area contributed by atoms with Gasteiger partial charge in [0.2, 0.25) is 0 Å². The first kappa shape index (κ1) is 27.5. The molecule has 1 saturated heterocycles. The number of anilines is 2. The Balaban J connectivity index is 0.00000361. The number of aryl methyl sites for hydroxylation is 1. The molecule has 3 aromatic rings. The molecule has 1 aliphatic heterocycles. The van der Waals surface area contributed by atoms with Gasteiger partial charge in [-0.05, 0) is 85.3 Å². The summed E-state index contributed by atoms with van der Waals surface area (Å²) < 4.78 is 19.1. The predicted molar refractivity (Wildman–Crippen MR) is 148 cm³/mol. The third-order valence-corrected chi connectivity index (χ3v) is 7.00. The average Bonchev–Trinajstić information content (AvgIpc) is 2.86. The molecule has 36 heavy (non-hydrogen) atoms.